The fraction of sp³-hybridized carbons (Fsp3) is 0.692. The van der Waals surface area contributed by atoms with E-state index in [4.69, 9.17) is 0 Å². The Bertz CT molecular complexity index is 523. The summed E-state index contributed by atoms with van der Waals surface area (Å²) in [5.41, 5.74) is 0. The third-order valence-corrected chi connectivity index (χ3v) is 6.05. The second-order valence-electron chi connectivity index (χ2n) is 5.10. The van der Waals surface area contributed by atoms with Gasteiger partial charge in [0.05, 0.1) is 4.90 Å². The summed E-state index contributed by atoms with van der Waals surface area (Å²) in [4.78, 5) is 3.50. The molecule has 0 saturated heterocycles. The van der Waals surface area contributed by atoms with Crippen LogP contribution in [0.3, 0.4) is 0 Å². The van der Waals surface area contributed by atoms with Gasteiger partial charge in [0.15, 0.2) is 0 Å². The van der Waals surface area contributed by atoms with Crippen LogP contribution in [0.1, 0.15) is 24.6 Å². The molecule has 0 unspecified atom stereocenters. The molecule has 1 aromatic heterocycles. The predicted molar refractivity (Wildman–Crippen MR) is 82.5 cm³/mol. The molecule has 0 amide bonds. The van der Waals surface area contributed by atoms with E-state index in [0.717, 1.165) is 18.0 Å². The number of sulfonamides is 1. The SMILES string of the molecule is CCNCc1sccc1S(=O)(=O)NCCN(C)C1CC1. The van der Waals surface area contributed by atoms with Crippen LogP contribution in [-0.2, 0) is 16.6 Å². The maximum absolute atomic E-state index is 12.3. The molecule has 1 fully saturated rings. The van der Waals surface area contributed by atoms with Crippen molar-refractivity contribution >= 4 is 21.4 Å². The number of nitrogens with one attached hydrogen (secondary N) is 2. The fourth-order valence-corrected chi connectivity index (χ4v) is 4.50. The monoisotopic (exact) mass is 317 g/mol. The lowest BCUT2D eigenvalue weighted by atomic mass is 10.4. The molecule has 7 heteroatoms. The zero-order chi connectivity index (χ0) is 14.6. The third-order valence-electron chi connectivity index (χ3n) is 3.46. The van der Waals surface area contributed by atoms with Crippen molar-refractivity contribution in [2.75, 3.05) is 26.7 Å². The summed E-state index contributed by atoms with van der Waals surface area (Å²) in [5.74, 6) is 0. The molecule has 1 aromatic rings. The third kappa shape index (κ3) is 4.26. The van der Waals surface area contributed by atoms with Crippen molar-refractivity contribution in [3.8, 4) is 0 Å². The summed E-state index contributed by atoms with van der Waals surface area (Å²) in [6.07, 6.45) is 2.47. The van der Waals surface area contributed by atoms with Crippen LogP contribution in [0.4, 0.5) is 0 Å². The highest BCUT2D eigenvalue weighted by molar-refractivity contribution is 7.89. The zero-order valence-electron chi connectivity index (χ0n) is 12.1. The van der Waals surface area contributed by atoms with Crippen LogP contribution < -0.4 is 10.0 Å². The van der Waals surface area contributed by atoms with Crippen molar-refractivity contribution in [2.24, 2.45) is 0 Å². The minimum Gasteiger partial charge on any atom is -0.312 e. The maximum Gasteiger partial charge on any atom is 0.241 e. The molecule has 0 atom stereocenters. The molecule has 0 aliphatic heterocycles. The Morgan fingerprint density at radius 1 is 1.45 bits per heavy atom. The van der Waals surface area contributed by atoms with Crippen LogP contribution in [0, 0.1) is 0 Å². The topological polar surface area (TPSA) is 61.4 Å². The normalized spacial score (nSPS) is 15.9. The average molecular weight is 317 g/mol. The van der Waals surface area contributed by atoms with Gasteiger partial charge in [0.25, 0.3) is 0 Å². The van der Waals surface area contributed by atoms with Crippen molar-refractivity contribution in [3.05, 3.63) is 16.3 Å². The summed E-state index contributed by atoms with van der Waals surface area (Å²) in [6.45, 7) is 4.67. The first-order valence-corrected chi connectivity index (χ1v) is 9.38. The van der Waals surface area contributed by atoms with Gasteiger partial charge >= 0.3 is 0 Å². The van der Waals surface area contributed by atoms with E-state index < -0.39 is 10.0 Å². The first-order valence-electron chi connectivity index (χ1n) is 7.01. The highest BCUT2D eigenvalue weighted by atomic mass is 32.2. The Morgan fingerprint density at radius 3 is 2.85 bits per heavy atom. The lowest BCUT2D eigenvalue weighted by molar-refractivity contribution is 0.329. The number of nitrogens with zero attached hydrogens (tertiary/aromatic N) is 1. The average Bonchev–Trinajstić information content (AvgIpc) is 3.14. The highest BCUT2D eigenvalue weighted by Crippen LogP contribution is 2.25. The maximum atomic E-state index is 12.3. The van der Waals surface area contributed by atoms with Gasteiger partial charge in [0.2, 0.25) is 10.0 Å². The van der Waals surface area contributed by atoms with Gasteiger partial charge in [-0.2, -0.15) is 0 Å². The summed E-state index contributed by atoms with van der Waals surface area (Å²) in [7, 11) is -1.34. The second kappa shape index (κ2) is 7.00. The molecular formula is C13H23N3O2S2. The lowest BCUT2D eigenvalue weighted by Gasteiger charge is -2.16. The molecule has 2 rings (SSSR count). The summed E-state index contributed by atoms with van der Waals surface area (Å²) >= 11 is 1.48. The van der Waals surface area contributed by atoms with Crippen LogP contribution in [0.15, 0.2) is 16.3 Å². The summed E-state index contributed by atoms with van der Waals surface area (Å²) < 4.78 is 27.3. The standard InChI is InChI=1S/C13H23N3O2S2/c1-3-14-10-12-13(6-9-19-12)20(17,18)15-7-8-16(2)11-4-5-11/h6,9,11,14-15H,3-5,7-8,10H2,1-2H3. The number of thiophene rings is 1. The molecule has 1 aliphatic rings. The molecule has 114 valence electrons. The lowest BCUT2D eigenvalue weighted by Crippen LogP contribution is -2.34. The van der Waals surface area contributed by atoms with Crippen LogP contribution in [0.2, 0.25) is 0 Å². The highest BCUT2D eigenvalue weighted by Gasteiger charge is 2.26. The van der Waals surface area contributed by atoms with E-state index in [1.54, 1.807) is 6.07 Å². The van der Waals surface area contributed by atoms with Gasteiger partial charge in [0.1, 0.15) is 0 Å². The number of likely N-dealkylation sites (N-methyl/N-ethyl adjacent to an activating group) is 1. The van der Waals surface area contributed by atoms with Crippen LogP contribution in [0.5, 0.6) is 0 Å². The Morgan fingerprint density at radius 2 is 2.20 bits per heavy atom. The van der Waals surface area contributed by atoms with Crippen molar-refractivity contribution in [2.45, 2.75) is 37.2 Å². The summed E-state index contributed by atoms with van der Waals surface area (Å²) in [5, 5.41) is 5.00. The van der Waals surface area contributed by atoms with Crippen LogP contribution in [0.25, 0.3) is 0 Å². The van der Waals surface area contributed by atoms with Gasteiger partial charge in [-0.3, -0.25) is 0 Å². The minimum atomic E-state index is -3.39. The molecule has 0 aromatic carbocycles. The molecule has 20 heavy (non-hydrogen) atoms. The Kier molecular flexibility index (Phi) is 5.57. The van der Waals surface area contributed by atoms with E-state index in [2.05, 4.69) is 14.9 Å². The zero-order valence-corrected chi connectivity index (χ0v) is 13.7. The van der Waals surface area contributed by atoms with Crippen molar-refractivity contribution in [1.82, 2.24) is 14.9 Å². The molecule has 0 radical (unpaired) electrons. The summed E-state index contributed by atoms with van der Waals surface area (Å²) in [6, 6.07) is 2.34. The van der Waals surface area contributed by atoms with Gasteiger partial charge in [-0.25, -0.2) is 13.1 Å². The van der Waals surface area contributed by atoms with E-state index in [9.17, 15) is 8.42 Å². The Labute approximate surface area is 125 Å². The van der Waals surface area contributed by atoms with Crippen LogP contribution >= 0.6 is 11.3 Å². The molecule has 2 N–H and O–H groups in total. The van der Waals surface area contributed by atoms with Crippen LogP contribution in [-0.4, -0.2) is 46.0 Å². The molecule has 5 nitrogen and oxygen atoms in total. The minimum absolute atomic E-state index is 0.414. The smallest absolute Gasteiger partial charge is 0.241 e. The van der Waals surface area contributed by atoms with E-state index in [1.165, 1.54) is 24.2 Å². The van der Waals surface area contributed by atoms with E-state index in [-0.39, 0.29) is 0 Å². The van der Waals surface area contributed by atoms with Gasteiger partial charge in [0, 0.05) is 30.6 Å². The van der Waals surface area contributed by atoms with Crippen molar-refractivity contribution in [3.63, 3.8) is 0 Å². The quantitative estimate of drug-likeness (QED) is 0.719. The van der Waals surface area contributed by atoms with Crippen molar-refractivity contribution in [1.29, 1.82) is 0 Å². The van der Waals surface area contributed by atoms with E-state index in [0.29, 0.717) is 24.0 Å². The van der Waals surface area contributed by atoms with E-state index in [1.807, 2.05) is 19.4 Å². The van der Waals surface area contributed by atoms with Gasteiger partial charge in [-0.05, 0) is 37.9 Å². The van der Waals surface area contributed by atoms with Gasteiger partial charge in [-0.1, -0.05) is 6.92 Å². The molecule has 1 aliphatic carbocycles. The molecule has 1 saturated carbocycles. The first kappa shape index (κ1) is 15.9. The Balaban J connectivity index is 1.90. The molecule has 1 heterocycles. The van der Waals surface area contributed by atoms with Crippen molar-refractivity contribution < 1.29 is 8.42 Å². The fourth-order valence-electron chi connectivity index (χ4n) is 2.07. The largest absolute Gasteiger partial charge is 0.312 e. The van der Waals surface area contributed by atoms with Gasteiger partial charge < -0.3 is 10.2 Å². The van der Waals surface area contributed by atoms with E-state index >= 15 is 0 Å². The number of hydrogen-bond donors (Lipinski definition) is 2. The predicted octanol–water partition coefficient (Wildman–Crippen LogP) is 1.23. The molecule has 0 bridgehead atoms. The molecular weight excluding hydrogens is 294 g/mol. The Hall–Kier alpha value is -0.470. The number of hydrogen-bond acceptors (Lipinski definition) is 5. The molecule has 0 spiro atoms. The second-order valence-corrected chi connectivity index (χ2v) is 7.83. The first-order chi connectivity index (χ1) is 9.54. The number of rotatable bonds is 9. The van der Waals surface area contributed by atoms with Gasteiger partial charge in [-0.15, -0.1) is 11.3 Å².